The molecule has 0 bridgehead atoms. The molecule has 1 aromatic heterocycles. The maximum atomic E-state index is 8.77. The predicted molar refractivity (Wildman–Crippen MR) is 67.4 cm³/mol. The van der Waals surface area contributed by atoms with Gasteiger partial charge in [0.25, 0.3) is 0 Å². The van der Waals surface area contributed by atoms with Gasteiger partial charge in [0.2, 0.25) is 0 Å². The lowest BCUT2D eigenvalue weighted by molar-refractivity contribution is 0.874. The highest BCUT2D eigenvalue weighted by Crippen LogP contribution is 2.17. The summed E-state index contributed by atoms with van der Waals surface area (Å²) in [4.78, 5) is 4.18. The van der Waals surface area contributed by atoms with Crippen molar-refractivity contribution in [2.75, 3.05) is 5.32 Å². The van der Waals surface area contributed by atoms with Gasteiger partial charge in [0.1, 0.15) is 17.6 Å². The summed E-state index contributed by atoms with van der Waals surface area (Å²) in [6.07, 6.45) is 0. The molecule has 0 aliphatic heterocycles. The summed E-state index contributed by atoms with van der Waals surface area (Å²) in [5, 5.41) is 12.0. The van der Waals surface area contributed by atoms with Crippen molar-refractivity contribution in [3.63, 3.8) is 0 Å². The minimum atomic E-state index is 0.164. The molecule has 1 aromatic carbocycles. The van der Waals surface area contributed by atoms with Gasteiger partial charge in [-0.2, -0.15) is 5.26 Å². The summed E-state index contributed by atoms with van der Waals surface area (Å²) < 4.78 is 0. The Bertz CT molecular complexity index is 529. The van der Waals surface area contributed by atoms with Crippen molar-refractivity contribution in [1.29, 1.82) is 5.26 Å². The molecule has 3 nitrogen and oxygen atoms in total. The van der Waals surface area contributed by atoms with E-state index < -0.39 is 0 Å². The maximum Gasteiger partial charge on any atom is 0.142 e. The van der Waals surface area contributed by atoms with E-state index in [0.29, 0.717) is 5.69 Å². The van der Waals surface area contributed by atoms with Crippen LogP contribution in [0, 0.1) is 11.3 Å². The molecular weight excluding hydrogens is 210 g/mol. The fraction of sp³-hybridized carbons (Fsp3) is 0.143. The molecule has 2 aromatic rings. The second-order valence-corrected chi connectivity index (χ2v) is 3.80. The molecule has 1 atom stereocenters. The van der Waals surface area contributed by atoms with Gasteiger partial charge in [-0.15, -0.1) is 0 Å². The largest absolute Gasteiger partial charge is 0.364 e. The predicted octanol–water partition coefficient (Wildman–Crippen LogP) is 3.13. The van der Waals surface area contributed by atoms with E-state index in [9.17, 15) is 0 Å². The quantitative estimate of drug-likeness (QED) is 0.869. The van der Waals surface area contributed by atoms with Crippen molar-refractivity contribution >= 4 is 5.82 Å². The van der Waals surface area contributed by atoms with Gasteiger partial charge in [-0.25, -0.2) is 4.98 Å². The van der Waals surface area contributed by atoms with Crippen LogP contribution in [0.3, 0.4) is 0 Å². The van der Waals surface area contributed by atoms with E-state index in [1.807, 2.05) is 36.4 Å². The van der Waals surface area contributed by atoms with Crippen LogP contribution in [0.4, 0.5) is 5.82 Å². The molecule has 3 heteroatoms. The normalized spacial score (nSPS) is 11.5. The van der Waals surface area contributed by atoms with Crippen molar-refractivity contribution in [3.8, 4) is 6.07 Å². The first-order chi connectivity index (χ1) is 8.29. The molecule has 84 valence electrons. The fourth-order valence-corrected chi connectivity index (χ4v) is 1.62. The number of aromatic nitrogens is 1. The highest BCUT2D eigenvalue weighted by Gasteiger charge is 2.05. The Morgan fingerprint density at radius 2 is 1.88 bits per heavy atom. The molecule has 1 N–H and O–H groups in total. The Kier molecular flexibility index (Phi) is 3.37. The Balaban J connectivity index is 2.13. The molecule has 0 saturated heterocycles. The number of nitrogens with zero attached hydrogens (tertiary/aromatic N) is 2. The number of hydrogen-bond acceptors (Lipinski definition) is 3. The number of nitrogens with one attached hydrogen (secondary N) is 1. The van der Waals surface area contributed by atoms with Crippen LogP contribution in [0.1, 0.15) is 24.2 Å². The zero-order chi connectivity index (χ0) is 12.1. The standard InChI is InChI=1S/C14H13N3/c1-11(12-6-3-2-4-7-12)16-14-9-5-8-13(10-15)17-14/h2-9,11H,1H3,(H,16,17). The van der Waals surface area contributed by atoms with Gasteiger partial charge >= 0.3 is 0 Å². The average molecular weight is 223 g/mol. The zero-order valence-corrected chi connectivity index (χ0v) is 9.59. The zero-order valence-electron chi connectivity index (χ0n) is 9.59. The first-order valence-corrected chi connectivity index (χ1v) is 5.48. The minimum absolute atomic E-state index is 0.164. The van der Waals surface area contributed by atoms with E-state index >= 15 is 0 Å². The number of anilines is 1. The summed E-state index contributed by atoms with van der Waals surface area (Å²) >= 11 is 0. The van der Waals surface area contributed by atoms with E-state index in [2.05, 4.69) is 29.4 Å². The van der Waals surface area contributed by atoms with Crippen LogP contribution >= 0.6 is 0 Å². The molecule has 1 heterocycles. The van der Waals surface area contributed by atoms with Crippen molar-refractivity contribution in [2.45, 2.75) is 13.0 Å². The first-order valence-electron chi connectivity index (χ1n) is 5.48. The molecule has 0 aliphatic rings. The number of benzene rings is 1. The third kappa shape index (κ3) is 2.82. The smallest absolute Gasteiger partial charge is 0.142 e. The SMILES string of the molecule is CC(Nc1cccc(C#N)n1)c1ccccc1. The number of nitriles is 1. The number of pyridine rings is 1. The number of rotatable bonds is 3. The molecule has 0 spiro atoms. The summed E-state index contributed by atoms with van der Waals surface area (Å²) in [6, 6.07) is 17.7. The second-order valence-electron chi connectivity index (χ2n) is 3.80. The highest BCUT2D eigenvalue weighted by atomic mass is 15.0. The number of hydrogen-bond donors (Lipinski definition) is 1. The van der Waals surface area contributed by atoms with Crippen LogP contribution in [-0.2, 0) is 0 Å². The third-order valence-electron chi connectivity index (χ3n) is 2.53. The molecule has 1 unspecified atom stereocenters. The van der Waals surface area contributed by atoms with Crippen LogP contribution in [0.15, 0.2) is 48.5 Å². The van der Waals surface area contributed by atoms with Gasteiger partial charge in [0.05, 0.1) is 0 Å². The fourth-order valence-electron chi connectivity index (χ4n) is 1.62. The Labute approximate surface area is 101 Å². The molecule has 0 radical (unpaired) electrons. The van der Waals surface area contributed by atoms with Crippen LogP contribution in [0.5, 0.6) is 0 Å². The van der Waals surface area contributed by atoms with Gasteiger partial charge in [-0.3, -0.25) is 0 Å². The highest BCUT2D eigenvalue weighted by molar-refractivity contribution is 5.41. The van der Waals surface area contributed by atoms with Crippen molar-refractivity contribution < 1.29 is 0 Å². The van der Waals surface area contributed by atoms with E-state index in [1.54, 1.807) is 6.07 Å². The lowest BCUT2D eigenvalue weighted by Crippen LogP contribution is -2.07. The monoisotopic (exact) mass is 223 g/mol. The molecule has 17 heavy (non-hydrogen) atoms. The lowest BCUT2D eigenvalue weighted by atomic mass is 10.1. The Hall–Kier alpha value is -2.34. The molecule has 0 saturated carbocycles. The summed E-state index contributed by atoms with van der Waals surface area (Å²) in [5.74, 6) is 0.723. The van der Waals surface area contributed by atoms with Crippen LogP contribution < -0.4 is 5.32 Å². The summed E-state index contributed by atoms with van der Waals surface area (Å²) in [5.41, 5.74) is 1.62. The summed E-state index contributed by atoms with van der Waals surface area (Å²) in [7, 11) is 0. The van der Waals surface area contributed by atoms with E-state index in [-0.39, 0.29) is 6.04 Å². The molecular formula is C14H13N3. The minimum Gasteiger partial charge on any atom is -0.364 e. The van der Waals surface area contributed by atoms with Gasteiger partial charge < -0.3 is 5.32 Å². The van der Waals surface area contributed by atoms with Gasteiger partial charge in [-0.05, 0) is 24.6 Å². The Morgan fingerprint density at radius 1 is 1.12 bits per heavy atom. The molecule has 0 aliphatic carbocycles. The second kappa shape index (κ2) is 5.13. The molecule has 0 amide bonds. The van der Waals surface area contributed by atoms with Crippen molar-refractivity contribution in [1.82, 2.24) is 4.98 Å². The molecule has 0 fully saturated rings. The molecule has 2 rings (SSSR count). The van der Waals surface area contributed by atoms with Gasteiger partial charge in [0, 0.05) is 6.04 Å². The average Bonchev–Trinajstić information content (AvgIpc) is 2.40. The summed E-state index contributed by atoms with van der Waals surface area (Å²) in [6.45, 7) is 2.07. The van der Waals surface area contributed by atoms with Crippen molar-refractivity contribution in [3.05, 3.63) is 59.8 Å². The van der Waals surface area contributed by atoms with E-state index in [1.165, 1.54) is 5.56 Å². The van der Waals surface area contributed by atoms with Crippen LogP contribution in [-0.4, -0.2) is 4.98 Å². The van der Waals surface area contributed by atoms with Crippen LogP contribution in [0.25, 0.3) is 0 Å². The Morgan fingerprint density at radius 3 is 2.59 bits per heavy atom. The van der Waals surface area contributed by atoms with Gasteiger partial charge in [0.15, 0.2) is 0 Å². The maximum absolute atomic E-state index is 8.77. The van der Waals surface area contributed by atoms with Crippen LogP contribution in [0.2, 0.25) is 0 Å². The lowest BCUT2D eigenvalue weighted by Gasteiger charge is -2.14. The topological polar surface area (TPSA) is 48.7 Å². The van der Waals surface area contributed by atoms with E-state index in [0.717, 1.165) is 5.82 Å². The third-order valence-corrected chi connectivity index (χ3v) is 2.53. The van der Waals surface area contributed by atoms with E-state index in [4.69, 9.17) is 5.26 Å². The van der Waals surface area contributed by atoms with Gasteiger partial charge in [-0.1, -0.05) is 36.4 Å². The van der Waals surface area contributed by atoms with Crippen molar-refractivity contribution in [2.24, 2.45) is 0 Å². The first kappa shape index (κ1) is 11.2.